The van der Waals surface area contributed by atoms with Crippen molar-refractivity contribution >= 4 is 29.9 Å². The quantitative estimate of drug-likeness (QED) is 0.291. The highest BCUT2D eigenvalue weighted by Gasteiger charge is 2.10. The Labute approximate surface area is 185 Å². The number of hydrogen-bond donors (Lipinski definition) is 3. The summed E-state index contributed by atoms with van der Waals surface area (Å²) < 4.78 is 5.70. The van der Waals surface area contributed by atoms with E-state index in [1.165, 1.54) is 5.56 Å². The molecule has 154 valence electrons. The molecule has 0 aliphatic carbocycles. The van der Waals surface area contributed by atoms with Gasteiger partial charge in [-0.15, -0.1) is 24.0 Å². The Bertz CT molecular complexity index is 750. The van der Waals surface area contributed by atoms with Crippen molar-refractivity contribution in [1.29, 1.82) is 0 Å². The van der Waals surface area contributed by atoms with E-state index >= 15 is 0 Å². The zero-order chi connectivity index (χ0) is 19.6. The number of guanidine groups is 1. The van der Waals surface area contributed by atoms with Crippen molar-refractivity contribution in [3.8, 4) is 5.75 Å². The molecule has 0 bridgehead atoms. The summed E-state index contributed by atoms with van der Waals surface area (Å²) in [7, 11) is 0. The van der Waals surface area contributed by atoms with E-state index in [4.69, 9.17) is 4.74 Å². The van der Waals surface area contributed by atoms with Crippen molar-refractivity contribution in [2.24, 2.45) is 4.99 Å². The van der Waals surface area contributed by atoms with Gasteiger partial charge in [0.05, 0.1) is 18.8 Å². The monoisotopic (exact) mass is 497 g/mol. The highest BCUT2D eigenvalue weighted by molar-refractivity contribution is 14.0. The van der Waals surface area contributed by atoms with Crippen LogP contribution in [0.15, 0.2) is 53.5 Å². The summed E-state index contributed by atoms with van der Waals surface area (Å²) in [6.45, 7) is 9.77. The largest absolute Gasteiger partial charge is 0.491 e. The van der Waals surface area contributed by atoms with Crippen molar-refractivity contribution in [3.05, 3.63) is 65.2 Å². The zero-order valence-corrected chi connectivity index (χ0v) is 19.4. The Hall–Kier alpha value is -1.80. The lowest BCUT2D eigenvalue weighted by Crippen LogP contribution is -2.39. The number of ether oxygens (including phenoxy) is 1. The van der Waals surface area contributed by atoms with Crippen LogP contribution in [0.4, 0.5) is 0 Å². The number of hydrogen-bond acceptors (Lipinski definition) is 3. The Morgan fingerprint density at radius 3 is 2.54 bits per heavy atom. The first kappa shape index (κ1) is 24.2. The molecule has 0 aromatic heterocycles. The van der Waals surface area contributed by atoms with E-state index < -0.39 is 6.10 Å². The number of nitrogens with one attached hydrogen (secondary N) is 2. The molecule has 0 spiro atoms. The van der Waals surface area contributed by atoms with Crippen LogP contribution in [-0.4, -0.2) is 30.3 Å². The van der Waals surface area contributed by atoms with Gasteiger partial charge in [0.15, 0.2) is 5.96 Å². The third kappa shape index (κ3) is 8.48. The summed E-state index contributed by atoms with van der Waals surface area (Å²) >= 11 is 0. The molecule has 3 N–H and O–H groups in total. The number of nitrogens with zero attached hydrogens (tertiary/aromatic N) is 1. The molecular weight excluding hydrogens is 465 g/mol. The minimum absolute atomic E-state index is 0. The summed E-state index contributed by atoms with van der Waals surface area (Å²) in [4.78, 5) is 4.61. The van der Waals surface area contributed by atoms with Crippen LogP contribution >= 0.6 is 24.0 Å². The van der Waals surface area contributed by atoms with Gasteiger partial charge in [-0.25, -0.2) is 4.99 Å². The minimum Gasteiger partial charge on any atom is -0.491 e. The van der Waals surface area contributed by atoms with Gasteiger partial charge in [-0.2, -0.15) is 0 Å². The maximum absolute atomic E-state index is 10.5. The molecule has 0 radical (unpaired) electrons. The second-order valence-corrected chi connectivity index (χ2v) is 6.82. The molecule has 0 aliphatic rings. The molecule has 0 saturated heterocycles. The molecule has 2 aromatic carbocycles. The van der Waals surface area contributed by atoms with Crippen molar-refractivity contribution in [1.82, 2.24) is 10.6 Å². The Balaban J connectivity index is 0.00000392. The first-order chi connectivity index (χ1) is 13.0. The van der Waals surface area contributed by atoms with Crippen LogP contribution in [0.2, 0.25) is 0 Å². The van der Waals surface area contributed by atoms with Crippen molar-refractivity contribution in [3.63, 3.8) is 0 Å². The fourth-order valence-electron chi connectivity index (χ4n) is 2.70. The number of halogens is 1. The number of aryl methyl sites for hydroxylation is 1. The van der Waals surface area contributed by atoms with Crippen LogP contribution in [0.3, 0.4) is 0 Å². The normalized spacial score (nSPS) is 12.3. The number of rotatable bonds is 8. The van der Waals surface area contributed by atoms with E-state index in [2.05, 4.69) is 40.7 Å². The van der Waals surface area contributed by atoms with Gasteiger partial charge in [0.2, 0.25) is 0 Å². The molecule has 0 saturated carbocycles. The third-order valence-electron chi connectivity index (χ3n) is 3.92. The van der Waals surface area contributed by atoms with Gasteiger partial charge in [-0.1, -0.05) is 42.0 Å². The van der Waals surface area contributed by atoms with E-state index in [-0.39, 0.29) is 30.1 Å². The van der Waals surface area contributed by atoms with Gasteiger partial charge >= 0.3 is 0 Å². The average molecular weight is 497 g/mol. The number of aliphatic hydroxyl groups is 1. The highest BCUT2D eigenvalue weighted by atomic mass is 127. The molecule has 1 unspecified atom stereocenters. The molecule has 2 rings (SSSR count). The molecule has 0 heterocycles. The fraction of sp³-hybridized carbons (Fsp3) is 0.409. The van der Waals surface area contributed by atoms with Gasteiger partial charge in [0.25, 0.3) is 0 Å². The predicted molar refractivity (Wildman–Crippen MR) is 127 cm³/mol. The summed E-state index contributed by atoms with van der Waals surface area (Å²) in [6.07, 6.45) is -0.548. The Morgan fingerprint density at radius 1 is 1.11 bits per heavy atom. The van der Waals surface area contributed by atoms with Gasteiger partial charge in [-0.3, -0.25) is 0 Å². The van der Waals surface area contributed by atoms with E-state index in [0.717, 1.165) is 23.4 Å². The van der Waals surface area contributed by atoms with Crippen molar-refractivity contribution in [2.45, 2.75) is 46.4 Å². The Kier molecular flexibility index (Phi) is 10.9. The molecule has 0 aliphatic heterocycles. The molecule has 2 aromatic rings. The molecule has 0 amide bonds. The average Bonchev–Trinajstić information content (AvgIpc) is 2.63. The molecule has 1 atom stereocenters. The van der Waals surface area contributed by atoms with Gasteiger partial charge in [0, 0.05) is 13.1 Å². The maximum Gasteiger partial charge on any atom is 0.191 e. The van der Waals surface area contributed by atoms with Crippen LogP contribution < -0.4 is 15.4 Å². The first-order valence-corrected chi connectivity index (χ1v) is 9.50. The van der Waals surface area contributed by atoms with Crippen LogP contribution in [0.25, 0.3) is 0 Å². The zero-order valence-electron chi connectivity index (χ0n) is 17.1. The van der Waals surface area contributed by atoms with E-state index in [1.54, 1.807) is 0 Å². The molecule has 28 heavy (non-hydrogen) atoms. The number of aliphatic imine (C=N–C) groups is 1. The molecular formula is C22H32IN3O2. The van der Waals surface area contributed by atoms with E-state index in [0.29, 0.717) is 19.0 Å². The summed E-state index contributed by atoms with van der Waals surface area (Å²) in [5.74, 6) is 1.45. The van der Waals surface area contributed by atoms with Crippen molar-refractivity contribution in [2.75, 3.05) is 13.1 Å². The lowest BCUT2D eigenvalue weighted by Gasteiger charge is -2.17. The lowest BCUT2D eigenvalue weighted by molar-refractivity contribution is 0.179. The summed E-state index contributed by atoms with van der Waals surface area (Å²) in [6, 6.07) is 15.9. The van der Waals surface area contributed by atoms with E-state index in [9.17, 15) is 5.11 Å². The van der Waals surface area contributed by atoms with E-state index in [1.807, 2.05) is 51.1 Å². The van der Waals surface area contributed by atoms with Gasteiger partial charge < -0.3 is 20.5 Å². The smallest absolute Gasteiger partial charge is 0.191 e. The molecule has 5 nitrogen and oxygen atoms in total. The van der Waals surface area contributed by atoms with Crippen LogP contribution in [-0.2, 0) is 6.54 Å². The van der Waals surface area contributed by atoms with Crippen LogP contribution in [0, 0.1) is 6.92 Å². The fourth-order valence-corrected chi connectivity index (χ4v) is 2.70. The van der Waals surface area contributed by atoms with Crippen LogP contribution in [0.5, 0.6) is 5.75 Å². The molecule has 0 fully saturated rings. The summed E-state index contributed by atoms with van der Waals surface area (Å²) in [5.41, 5.74) is 3.20. The van der Waals surface area contributed by atoms with Crippen LogP contribution in [0.1, 0.15) is 43.6 Å². The SMILES string of the molecule is CCNC(=NCc1cccc(C)c1)NCC(O)c1cccc(OC(C)C)c1.I. The lowest BCUT2D eigenvalue weighted by atomic mass is 10.1. The third-order valence-corrected chi connectivity index (χ3v) is 3.92. The topological polar surface area (TPSA) is 65.9 Å². The highest BCUT2D eigenvalue weighted by Crippen LogP contribution is 2.20. The minimum atomic E-state index is -0.650. The van der Waals surface area contributed by atoms with Gasteiger partial charge in [0.1, 0.15) is 5.75 Å². The first-order valence-electron chi connectivity index (χ1n) is 9.50. The van der Waals surface area contributed by atoms with Crippen molar-refractivity contribution < 1.29 is 9.84 Å². The second kappa shape index (κ2) is 12.6. The number of aliphatic hydroxyl groups excluding tert-OH is 1. The molecule has 6 heteroatoms. The Morgan fingerprint density at radius 2 is 1.86 bits per heavy atom. The predicted octanol–water partition coefficient (Wildman–Crippen LogP) is 4.19. The number of benzene rings is 2. The summed E-state index contributed by atoms with van der Waals surface area (Å²) in [5, 5.41) is 16.9. The van der Waals surface area contributed by atoms with Gasteiger partial charge in [-0.05, 0) is 51.0 Å². The maximum atomic E-state index is 10.5. The second-order valence-electron chi connectivity index (χ2n) is 6.82. The standard InChI is InChI=1S/C22H31N3O2.HI/c1-5-23-22(24-14-18-9-6-8-17(4)12-18)25-15-21(26)19-10-7-11-20(13-19)27-16(2)3;/h6-13,16,21,26H,5,14-15H2,1-4H3,(H2,23,24,25);1H.